The van der Waals surface area contributed by atoms with Gasteiger partial charge in [-0.05, 0) is 21.0 Å². The fraction of sp³-hybridized carbons (Fsp3) is 0.207. The van der Waals surface area contributed by atoms with Crippen molar-refractivity contribution in [2.75, 3.05) is 6.61 Å². The molecule has 0 aromatic heterocycles. The van der Waals surface area contributed by atoms with Gasteiger partial charge in [-0.25, -0.2) is 4.79 Å². The number of hydrogen-bond acceptors (Lipinski definition) is 3. The Labute approximate surface area is 198 Å². The van der Waals surface area contributed by atoms with Crippen LogP contribution in [0.5, 0.6) is 0 Å². The fourth-order valence-corrected chi connectivity index (χ4v) is 8.48. The lowest BCUT2D eigenvalue weighted by Gasteiger charge is -2.42. The average molecular weight is 457 g/mol. The van der Waals surface area contributed by atoms with Gasteiger partial charge in [0.25, 0.3) is 8.32 Å². The molecule has 0 amide bonds. The third kappa shape index (κ3) is 6.41. The zero-order valence-corrected chi connectivity index (χ0v) is 20.6. The fourth-order valence-electron chi connectivity index (χ4n) is 3.98. The molecule has 0 heterocycles. The Bertz CT molecular complexity index is 1010. The minimum Gasteiger partial charge on any atom is -0.458 e. The summed E-state index contributed by atoms with van der Waals surface area (Å²) in [5.41, 5.74) is 0.966. The predicted molar refractivity (Wildman–Crippen MR) is 138 cm³/mol. The number of esters is 1. The van der Waals surface area contributed by atoms with Crippen LogP contribution in [0.2, 0.25) is 5.04 Å². The summed E-state index contributed by atoms with van der Waals surface area (Å²) >= 11 is 0. The van der Waals surface area contributed by atoms with Gasteiger partial charge in [-0.15, -0.1) is 0 Å². The van der Waals surface area contributed by atoms with E-state index in [2.05, 4.69) is 69.3 Å². The molecule has 0 aliphatic carbocycles. The molecule has 0 atom stereocenters. The highest BCUT2D eigenvalue weighted by Gasteiger charge is 2.49. The number of benzene rings is 3. The van der Waals surface area contributed by atoms with Crippen molar-refractivity contribution < 1.29 is 14.0 Å². The second-order valence-corrected chi connectivity index (χ2v) is 13.2. The van der Waals surface area contributed by atoms with Crippen LogP contribution >= 0.6 is 0 Å². The van der Waals surface area contributed by atoms with Gasteiger partial charge in [0.05, 0.1) is 6.61 Å². The summed E-state index contributed by atoms with van der Waals surface area (Å²) in [7, 11) is -2.55. The Morgan fingerprint density at radius 2 is 1.30 bits per heavy atom. The van der Waals surface area contributed by atoms with Crippen molar-refractivity contribution in [3.05, 3.63) is 121 Å². The largest absolute Gasteiger partial charge is 0.458 e. The first-order valence-electron chi connectivity index (χ1n) is 11.2. The van der Waals surface area contributed by atoms with Crippen LogP contribution in [-0.4, -0.2) is 20.9 Å². The number of rotatable bonds is 9. The van der Waals surface area contributed by atoms with Crippen molar-refractivity contribution in [1.29, 1.82) is 0 Å². The maximum Gasteiger partial charge on any atom is 0.331 e. The molecule has 3 nitrogen and oxygen atoms in total. The SMILES string of the molecule is CC(C)(C)[Si](OC/C=C/C=C/C(=O)OCc1ccccc1)(c1ccccc1)c1ccccc1. The molecule has 0 unspecified atom stereocenters. The molecule has 3 aromatic rings. The lowest BCUT2D eigenvalue weighted by molar-refractivity contribution is -0.139. The highest BCUT2D eigenvalue weighted by atomic mass is 28.4. The molecule has 0 aliphatic heterocycles. The highest BCUT2D eigenvalue weighted by molar-refractivity contribution is 6.99. The summed E-state index contributed by atoms with van der Waals surface area (Å²) in [6.07, 6.45) is 6.91. The van der Waals surface area contributed by atoms with Gasteiger partial charge in [0, 0.05) is 6.08 Å². The van der Waals surface area contributed by atoms with Gasteiger partial charge >= 0.3 is 5.97 Å². The van der Waals surface area contributed by atoms with E-state index in [4.69, 9.17) is 9.16 Å². The van der Waals surface area contributed by atoms with Crippen LogP contribution < -0.4 is 10.4 Å². The van der Waals surface area contributed by atoms with Crippen LogP contribution in [-0.2, 0) is 20.6 Å². The van der Waals surface area contributed by atoms with Crippen molar-refractivity contribution in [2.45, 2.75) is 32.4 Å². The molecule has 170 valence electrons. The molecule has 0 aliphatic rings. The Kier molecular flexibility index (Phi) is 8.58. The minimum absolute atomic E-state index is 0.0688. The predicted octanol–water partition coefficient (Wildman–Crippen LogP) is 5.42. The normalized spacial score (nSPS) is 12.3. The van der Waals surface area contributed by atoms with E-state index in [9.17, 15) is 4.79 Å². The Balaban J connectivity index is 1.68. The van der Waals surface area contributed by atoms with Crippen LogP contribution in [0.25, 0.3) is 0 Å². The van der Waals surface area contributed by atoms with Gasteiger partial charge in [0.1, 0.15) is 6.61 Å². The van der Waals surface area contributed by atoms with Crippen molar-refractivity contribution in [3.63, 3.8) is 0 Å². The highest BCUT2D eigenvalue weighted by Crippen LogP contribution is 2.36. The van der Waals surface area contributed by atoms with Crippen molar-refractivity contribution in [3.8, 4) is 0 Å². The molecular weight excluding hydrogens is 424 g/mol. The molecule has 0 saturated heterocycles. The van der Waals surface area contributed by atoms with Gasteiger partial charge in [0.2, 0.25) is 0 Å². The van der Waals surface area contributed by atoms with E-state index >= 15 is 0 Å². The molecule has 0 N–H and O–H groups in total. The quantitative estimate of drug-likeness (QED) is 0.187. The zero-order chi connectivity index (χ0) is 23.6. The zero-order valence-electron chi connectivity index (χ0n) is 19.6. The van der Waals surface area contributed by atoms with Crippen LogP contribution in [0.1, 0.15) is 26.3 Å². The van der Waals surface area contributed by atoms with Gasteiger partial charge < -0.3 is 9.16 Å². The number of carbonyl (C=O) groups is 1. The third-order valence-electron chi connectivity index (χ3n) is 5.52. The van der Waals surface area contributed by atoms with E-state index in [0.717, 1.165) is 5.56 Å². The molecule has 0 radical (unpaired) electrons. The number of allylic oxidation sites excluding steroid dienone is 2. The Morgan fingerprint density at radius 1 is 0.788 bits per heavy atom. The number of hydrogen-bond donors (Lipinski definition) is 0. The molecular formula is C29H32O3Si. The lowest BCUT2D eigenvalue weighted by atomic mass is 10.2. The lowest BCUT2D eigenvalue weighted by Crippen LogP contribution is -2.66. The summed E-state index contributed by atoms with van der Waals surface area (Å²) in [6.45, 7) is 7.49. The van der Waals surface area contributed by atoms with E-state index in [1.54, 1.807) is 6.08 Å². The first-order chi connectivity index (χ1) is 15.9. The topological polar surface area (TPSA) is 35.5 Å². The molecule has 0 fully saturated rings. The van der Waals surface area contributed by atoms with Crippen LogP contribution in [0, 0.1) is 0 Å². The number of carbonyl (C=O) groups excluding carboxylic acids is 1. The van der Waals surface area contributed by atoms with Gasteiger partial charge in [0.15, 0.2) is 0 Å². The summed E-state index contributed by atoms with van der Waals surface area (Å²) < 4.78 is 12.0. The van der Waals surface area contributed by atoms with E-state index < -0.39 is 8.32 Å². The van der Waals surface area contributed by atoms with E-state index in [0.29, 0.717) is 6.61 Å². The second kappa shape index (κ2) is 11.6. The first kappa shape index (κ1) is 24.4. The molecule has 0 bridgehead atoms. The maximum atomic E-state index is 11.9. The van der Waals surface area contributed by atoms with Gasteiger partial charge in [-0.3, -0.25) is 0 Å². The number of ether oxygens (including phenoxy) is 1. The van der Waals surface area contributed by atoms with Gasteiger partial charge in [-0.2, -0.15) is 0 Å². The summed E-state index contributed by atoms with van der Waals surface area (Å²) in [6, 6.07) is 30.7. The average Bonchev–Trinajstić information content (AvgIpc) is 2.83. The van der Waals surface area contributed by atoms with Crippen LogP contribution in [0.3, 0.4) is 0 Å². The smallest absolute Gasteiger partial charge is 0.331 e. The first-order valence-corrected chi connectivity index (χ1v) is 13.1. The van der Waals surface area contributed by atoms with Crippen LogP contribution in [0.4, 0.5) is 0 Å². The Hall–Kier alpha value is -3.21. The molecule has 0 saturated carbocycles. The molecule has 33 heavy (non-hydrogen) atoms. The van der Waals surface area contributed by atoms with E-state index in [-0.39, 0.29) is 17.6 Å². The van der Waals surface area contributed by atoms with Crippen LogP contribution in [0.15, 0.2) is 115 Å². The van der Waals surface area contributed by atoms with E-state index in [1.165, 1.54) is 16.4 Å². The van der Waals surface area contributed by atoms with E-state index in [1.807, 2.05) is 54.6 Å². The summed E-state index contributed by atoms with van der Waals surface area (Å²) in [4.78, 5) is 11.9. The monoisotopic (exact) mass is 456 g/mol. The maximum absolute atomic E-state index is 11.9. The second-order valence-electron chi connectivity index (χ2n) is 8.85. The molecule has 3 aromatic carbocycles. The molecule has 3 rings (SSSR count). The standard InChI is InChI=1S/C29H32O3Si/c1-29(2,3)33(26-18-10-5-11-19-26,27-20-12-6-13-21-27)32-23-15-7-14-22-28(30)31-24-25-16-8-4-9-17-25/h4-22H,23-24H2,1-3H3/b15-7+,22-14+. The Morgan fingerprint density at radius 3 is 1.82 bits per heavy atom. The van der Waals surface area contributed by atoms with Crippen molar-refractivity contribution in [1.82, 2.24) is 0 Å². The summed E-state index contributed by atoms with van der Waals surface area (Å²) in [5, 5.41) is 2.43. The summed E-state index contributed by atoms with van der Waals surface area (Å²) in [5.74, 6) is -0.364. The van der Waals surface area contributed by atoms with Crippen molar-refractivity contribution in [2.24, 2.45) is 0 Å². The third-order valence-corrected chi connectivity index (χ3v) is 10.5. The van der Waals surface area contributed by atoms with Gasteiger partial charge in [-0.1, -0.05) is 130 Å². The molecule has 4 heteroatoms. The minimum atomic E-state index is -2.55. The van der Waals surface area contributed by atoms with Crippen molar-refractivity contribution >= 4 is 24.7 Å². The molecule has 0 spiro atoms.